The molecule has 1 aliphatic heterocycles. The number of aliphatic hydroxyl groups is 1. The van der Waals surface area contributed by atoms with Crippen LogP contribution < -0.4 is 5.73 Å². The molecule has 0 spiro atoms. The smallest absolute Gasteiger partial charge is 0.167 e. The first kappa shape index (κ1) is 16.6. The number of nitrogen functional groups attached to an aromatic ring is 1. The molecule has 2 aromatic heterocycles. The molecule has 9 heteroatoms. The first-order valence-corrected chi connectivity index (χ1v) is 7.48. The van der Waals surface area contributed by atoms with Gasteiger partial charge in [0.1, 0.15) is 30.2 Å². The van der Waals surface area contributed by atoms with Crippen LogP contribution >= 0.6 is 0 Å². The third kappa shape index (κ3) is 2.92. The number of hydrogen-bond acceptors (Lipinski definition) is 8. The van der Waals surface area contributed by atoms with Crippen LogP contribution in [-0.4, -0.2) is 63.3 Å². The summed E-state index contributed by atoms with van der Waals surface area (Å²) in [5.41, 5.74) is 6.78. The average Bonchev–Trinajstić information content (AvgIpc) is 3.12. The Morgan fingerprint density at radius 2 is 2.29 bits per heavy atom. The van der Waals surface area contributed by atoms with E-state index in [9.17, 15) is 5.11 Å². The third-order valence-corrected chi connectivity index (χ3v) is 3.86. The molecule has 2 aromatic rings. The van der Waals surface area contributed by atoms with Crippen molar-refractivity contribution in [1.29, 1.82) is 0 Å². The zero-order valence-electron chi connectivity index (χ0n) is 13.2. The molecule has 0 bridgehead atoms. The Bertz CT molecular complexity index is 743. The van der Waals surface area contributed by atoms with Gasteiger partial charge in [0.15, 0.2) is 17.7 Å². The van der Waals surface area contributed by atoms with Crippen LogP contribution in [0.1, 0.15) is 12.6 Å². The fourth-order valence-electron chi connectivity index (χ4n) is 2.73. The average molecular weight is 333 g/mol. The second-order valence-corrected chi connectivity index (χ2v) is 5.38. The molecule has 9 nitrogen and oxygen atoms in total. The Labute approximate surface area is 138 Å². The number of rotatable bonds is 6. The summed E-state index contributed by atoms with van der Waals surface area (Å²) < 4.78 is 18.4. The molecule has 0 radical (unpaired) electrons. The number of methoxy groups -OCH3 is 1. The quantitative estimate of drug-likeness (QED) is 0.547. The van der Waals surface area contributed by atoms with E-state index in [-0.39, 0.29) is 12.4 Å². The number of ether oxygens (including phenoxy) is 3. The van der Waals surface area contributed by atoms with Gasteiger partial charge >= 0.3 is 0 Å². The zero-order chi connectivity index (χ0) is 17.1. The summed E-state index contributed by atoms with van der Waals surface area (Å²) in [6.45, 7) is 0.540. The van der Waals surface area contributed by atoms with E-state index >= 15 is 0 Å². The third-order valence-electron chi connectivity index (χ3n) is 3.86. The lowest BCUT2D eigenvalue weighted by Gasteiger charge is -2.21. The molecule has 0 aromatic carbocycles. The van der Waals surface area contributed by atoms with Crippen LogP contribution in [0, 0.1) is 12.3 Å². The molecular weight excluding hydrogens is 314 g/mol. The summed E-state index contributed by atoms with van der Waals surface area (Å²) in [6, 6.07) is 0. The molecule has 3 N–H and O–H groups in total. The maximum Gasteiger partial charge on any atom is 0.167 e. The van der Waals surface area contributed by atoms with Crippen LogP contribution in [0.5, 0.6) is 0 Å². The van der Waals surface area contributed by atoms with Crippen molar-refractivity contribution in [3.63, 3.8) is 0 Å². The molecule has 24 heavy (non-hydrogen) atoms. The minimum absolute atomic E-state index is 0.233. The highest BCUT2D eigenvalue weighted by atomic mass is 16.6. The lowest BCUT2D eigenvalue weighted by molar-refractivity contribution is -0.0716. The van der Waals surface area contributed by atoms with Crippen LogP contribution in [0.25, 0.3) is 11.2 Å². The van der Waals surface area contributed by atoms with Gasteiger partial charge < -0.3 is 25.1 Å². The van der Waals surface area contributed by atoms with Gasteiger partial charge in [-0.25, -0.2) is 15.0 Å². The van der Waals surface area contributed by atoms with E-state index in [0.29, 0.717) is 24.2 Å². The number of anilines is 1. The van der Waals surface area contributed by atoms with Crippen LogP contribution in [0.2, 0.25) is 0 Å². The number of nitrogens with zero attached hydrogens (tertiary/aromatic N) is 4. The predicted octanol–water partition coefficient (Wildman–Crippen LogP) is -0.278. The maximum absolute atomic E-state index is 10.5. The number of aliphatic hydroxyl groups excluding tert-OH is 1. The highest BCUT2D eigenvalue weighted by molar-refractivity contribution is 5.81. The number of nitrogens with two attached hydrogens (primary N) is 1. The summed E-state index contributed by atoms with van der Waals surface area (Å²) in [7, 11) is 1.54. The largest absolute Gasteiger partial charge is 0.387 e. The van der Waals surface area contributed by atoms with Gasteiger partial charge in [0, 0.05) is 13.5 Å². The highest BCUT2D eigenvalue weighted by Crippen LogP contribution is 2.34. The van der Waals surface area contributed by atoms with Crippen molar-refractivity contribution < 1.29 is 19.3 Å². The monoisotopic (exact) mass is 333 g/mol. The molecule has 3 heterocycles. The van der Waals surface area contributed by atoms with Crippen molar-refractivity contribution >= 4 is 17.0 Å². The van der Waals surface area contributed by atoms with Crippen molar-refractivity contribution in [3.05, 3.63) is 12.7 Å². The molecule has 0 aliphatic carbocycles. The number of imidazole rings is 1. The molecule has 0 saturated carbocycles. The Balaban J connectivity index is 1.92. The predicted molar refractivity (Wildman–Crippen MR) is 84.7 cm³/mol. The minimum atomic E-state index is -0.871. The molecule has 4 unspecified atom stereocenters. The van der Waals surface area contributed by atoms with Crippen LogP contribution in [0.4, 0.5) is 5.82 Å². The van der Waals surface area contributed by atoms with Gasteiger partial charge in [0.25, 0.3) is 0 Å². The fraction of sp³-hybridized carbons (Fsp3) is 0.533. The molecular formula is C15H19N5O4. The molecule has 1 aliphatic rings. The first-order chi connectivity index (χ1) is 11.7. The van der Waals surface area contributed by atoms with Crippen molar-refractivity contribution in [2.45, 2.75) is 31.0 Å². The molecule has 128 valence electrons. The Morgan fingerprint density at radius 1 is 1.46 bits per heavy atom. The van der Waals surface area contributed by atoms with Crippen molar-refractivity contribution in [1.82, 2.24) is 19.5 Å². The number of fused-ring (bicyclic) bond motifs is 1. The summed E-state index contributed by atoms with van der Waals surface area (Å²) in [6.07, 6.45) is 5.91. The lowest BCUT2D eigenvalue weighted by atomic mass is 10.1. The summed E-state index contributed by atoms with van der Waals surface area (Å²) in [4.78, 5) is 12.3. The number of hydrogen-bond donors (Lipinski definition) is 2. The molecule has 1 fully saturated rings. The summed E-state index contributed by atoms with van der Waals surface area (Å²) >= 11 is 0. The van der Waals surface area contributed by atoms with Gasteiger partial charge in [-0.3, -0.25) is 4.57 Å². The molecule has 0 amide bonds. The highest BCUT2D eigenvalue weighted by Gasteiger charge is 2.46. The van der Waals surface area contributed by atoms with E-state index in [4.69, 9.17) is 26.4 Å². The van der Waals surface area contributed by atoms with Gasteiger partial charge in [-0.2, -0.15) is 0 Å². The van der Waals surface area contributed by atoms with Crippen LogP contribution in [0.3, 0.4) is 0 Å². The van der Waals surface area contributed by atoms with Gasteiger partial charge in [-0.05, 0) is 0 Å². The second-order valence-electron chi connectivity index (χ2n) is 5.38. The van der Waals surface area contributed by atoms with Crippen molar-refractivity contribution in [3.8, 4) is 12.3 Å². The zero-order valence-corrected chi connectivity index (χ0v) is 13.2. The standard InChI is InChI=1S/C15H19N5O4/c1-3-4-5-23-12-11(21)9(6-22-2)24-15(12)20-8-19-10-13(16)17-7-18-14(10)20/h1,7-9,11-12,15,21H,4-6H2,2H3,(H2,16,17,18). The SMILES string of the molecule is C#CCCOC1C(O)C(COC)OC1n1cnc2c(N)ncnc21. The van der Waals surface area contributed by atoms with Crippen LogP contribution in [0.15, 0.2) is 12.7 Å². The maximum atomic E-state index is 10.5. The Morgan fingerprint density at radius 3 is 3.04 bits per heavy atom. The van der Waals surface area contributed by atoms with Gasteiger partial charge in [0.05, 0.1) is 19.5 Å². The van der Waals surface area contributed by atoms with E-state index in [0.717, 1.165) is 0 Å². The van der Waals surface area contributed by atoms with Gasteiger partial charge in [-0.1, -0.05) is 0 Å². The topological polar surface area (TPSA) is 118 Å². The first-order valence-electron chi connectivity index (χ1n) is 7.48. The van der Waals surface area contributed by atoms with Crippen molar-refractivity contribution in [2.24, 2.45) is 0 Å². The van der Waals surface area contributed by atoms with E-state index in [1.54, 1.807) is 10.9 Å². The Hall–Kier alpha value is -2.25. The summed E-state index contributed by atoms with van der Waals surface area (Å²) in [5.74, 6) is 2.77. The normalized spacial score (nSPS) is 26.7. The minimum Gasteiger partial charge on any atom is -0.387 e. The fourth-order valence-corrected chi connectivity index (χ4v) is 2.73. The van der Waals surface area contributed by atoms with Crippen LogP contribution in [-0.2, 0) is 14.2 Å². The molecule has 3 rings (SSSR count). The second kappa shape index (κ2) is 7.11. The van der Waals surface area contributed by atoms with E-state index in [1.165, 1.54) is 13.4 Å². The lowest BCUT2D eigenvalue weighted by Crippen LogP contribution is -2.36. The van der Waals surface area contributed by atoms with Gasteiger partial charge in [-0.15, -0.1) is 12.3 Å². The number of terminal acetylenes is 1. The number of aromatic nitrogens is 4. The van der Waals surface area contributed by atoms with E-state index in [1.807, 2.05) is 0 Å². The van der Waals surface area contributed by atoms with E-state index in [2.05, 4.69) is 20.9 Å². The van der Waals surface area contributed by atoms with Crippen molar-refractivity contribution in [2.75, 3.05) is 26.1 Å². The molecule has 1 saturated heterocycles. The Kier molecular flexibility index (Phi) is 4.92. The molecule has 4 atom stereocenters. The van der Waals surface area contributed by atoms with E-state index < -0.39 is 24.5 Å². The summed E-state index contributed by atoms with van der Waals surface area (Å²) in [5, 5.41) is 10.5. The van der Waals surface area contributed by atoms with Gasteiger partial charge in [0.2, 0.25) is 0 Å².